The average molecular weight is 290 g/mol. The Morgan fingerprint density at radius 2 is 1.81 bits per heavy atom. The molecule has 2 nitrogen and oxygen atoms in total. The van der Waals surface area contributed by atoms with Gasteiger partial charge in [-0.1, -0.05) is 25.5 Å². The fourth-order valence-electron chi connectivity index (χ4n) is 6.61. The van der Waals surface area contributed by atoms with Crippen LogP contribution in [0.4, 0.5) is 0 Å². The van der Waals surface area contributed by atoms with Crippen LogP contribution in [0.5, 0.6) is 0 Å². The van der Waals surface area contributed by atoms with Crippen molar-refractivity contribution >= 4 is 0 Å². The molecule has 3 fully saturated rings. The molecule has 7 atom stereocenters. The highest BCUT2D eigenvalue weighted by Gasteiger charge is 2.58. The van der Waals surface area contributed by atoms with Gasteiger partial charge < -0.3 is 10.2 Å². The van der Waals surface area contributed by atoms with Crippen LogP contribution in [0, 0.1) is 28.6 Å². The van der Waals surface area contributed by atoms with Crippen molar-refractivity contribution in [3.8, 4) is 0 Å². The molecule has 0 amide bonds. The number of hydrogen-bond donors (Lipinski definition) is 2. The van der Waals surface area contributed by atoms with E-state index in [0.717, 1.165) is 37.5 Å². The Kier molecular flexibility index (Phi) is 3.11. The number of hydrogen-bond acceptors (Lipinski definition) is 2. The second kappa shape index (κ2) is 4.58. The van der Waals surface area contributed by atoms with Gasteiger partial charge in [0.05, 0.1) is 12.2 Å². The molecule has 0 aromatic rings. The largest absolute Gasteiger partial charge is 0.393 e. The number of rotatable bonds is 0. The van der Waals surface area contributed by atoms with Crippen molar-refractivity contribution < 1.29 is 10.2 Å². The van der Waals surface area contributed by atoms with E-state index in [1.807, 2.05) is 0 Å². The van der Waals surface area contributed by atoms with E-state index in [9.17, 15) is 10.2 Å². The van der Waals surface area contributed by atoms with Gasteiger partial charge in [0.1, 0.15) is 0 Å². The van der Waals surface area contributed by atoms with Gasteiger partial charge in [-0.05, 0) is 80.0 Å². The van der Waals surface area contributed by atoms with Crippen LogP contribution in [0.3, 0.4) is 0 Å². The van der Waals surface area contributed by atoms with Crippen molar-refractivity contribution in [3.63, 3.8) is 0 Å². The molecule has 21 heavy (non-hydrogen) atoms. The fourth-order valence-corrected chi connectivity index (χ4v) is 6.61. The minimum atomic E-state index is -0.108. The lowest BCUT2D eigenvalue weighted by atomic mass is 9.48. The molecule has 4 aliphatic rings. The molecule has 0 heterocycles. The van der Waals surface area contributed by atoms with Gasteiger partial charge in [-0.3, -0.25) is 0 Å². The third-order valence-corrected chi connectivity index (χ3v) is 8.03. The highest BCUT2D eigenvalue weighted by molar-refractivity contribution is 5.25. The Balaban J connectivity index is 1.68. The first-order valence-electron chi connectivity index (χ1n) is 9.01. The van der Waals surface area contributed by atoms with E-state index in [1.165, 1.54) is 25.7 Å². The van der Waals surface area contributed by atoms with Crippen LogP contribution < -0.4 is 0 Å². The molecule has 0 unspecified atom stereocenters. The van der Waals surface area contributed by atoms with Gasteiger partial charge in [-0.15, -0.1) is 0 Å². The third-order valence-electron chi connectivity index (χ3n) is 8.03. The topological polar surface area (TPSA) is 40.5 Å². The number of allylic oxidation sites excluding steroid dienone is 1. The molecule has 4 aliphatic carbocycles. The molecule has 0 aromatic heterocycles. The molecule has 2 N–H and O–H groups in total. The molecule has 0 saturated heterocycles. The molecular weight excluding hydrogens is 260 g/mol. The van der Waals surface area contributed by atoms with E-state index < -0.39 is 0 Å². The quantitative estimate of drug-likeness (QED) is 0.668. The molecule has 0 radical (unpaired) electrons. The number of fused-ring (bicyclic) bond motifs is 5. The van der Waals surface area contributed by atoms with Crippen LogP contribution in [-0.2, 0) is 0 Å². The second-order valence-corrected chi connectivity index (χ2v) is 8.79. The summed E-state index contributed by atoms with van der Waals surface area (Å²) in [4.78, 5) is 0. The predicted molar refractivity (Wildman–Crippen MR) is 83.7 cm³/mol. The van der Waals surface area contributed by atoms with Gasteiger partial charge in [0.2, 0.25) is 0 Å². The van der Waals surface area contributed by atoms with Gasteiger partial charge in [-0.25, -0.2) is 0 Å². The van der Waals surface area contributed by atoms with E-state index in [4.69, 9.17) is 0 Å². The Bertz CT molecular complexity index is 470. The van der Waals surface area contributed by atoms with Crippen molar-refractivity contribution in [2.45, 2.75) is 77.4 Å². The van der Waals surface area contributed by atoms with Gasteiger partial charge in [0.25, 0.3) is 0 Å². The first-order valence-corrected chi connectivity index (χ1v) is 9.01. The summed E-state index contributed by atoms with van der Waals surface area (Å²) in [5, 5.41) is 20.5. The SMILES string of the molecule is C[C@]12CC[C@@H]3[C@H](CC=C4C[C@@H](O)CC[C@@]43C)[C@H]1CC[C@H]2O. The Morgan fingerprint density at radius 3 is 2.62 bits per heavy atom. The lowest BCUT2D eigenvalue weighted by Gasteiger charge is -2.57. The molecule has 4 rings (SSSR count). The van der Waals surface area contributed by atoms with E-state index in [-0.39, 0.29) is 17.6 Å². The maximum Gasteiger partial charge on any atom is 0.0596 e. The molecule has 3 saturated carbocycles. The van der Waals surface area contributed by atoms with Gasteiger partial charge in [0, 0.05) is 0 Å². The van der Waals surface area contributed by atoms with Crippen LogP contribution in [-0.4, -0.2) is 22.4 Å². The van der Waals surface area contributed by atoms with Crippen molar-refractivity contribution in [1.29, 1.82) is 0 Å². The summed E-state index contributed by atoms with van der Waals surface area (Å²) in [6.07, 6.45) is 11.2. The van der Waals surface area contributed by atoms with Crippen molar-refractivity contribution in [2.75, 3.05) is 0 Å². The summed E-state index contributed by atoms with van der Waals surface area (Å²) in [7, 11) is 0. The normalized spacial score (nSPS) is 56.2. The zero-order valence-corrected chi connectivity index (χ0v) is 13.5. The maximum absolute atomic E-state index is 10.5. The van der Waals surface area contributed by atoms with Crippen LogP contribution in [0.15, 0.2) is 11.6 Å². The summed E-state index contributed by atoms with van der Waals surface area (Å²) in [5.74, 6) is 2.27. The van der Waals surface area contributed by atoms with Crippen LogP contribution in [0.2, 0.25) is 0 Å². The van der Waals surface area contributed by atoms with Crippen molar-refractivity contribution in [3.05, 3.63) is 11.6 Å². The minimum Gasteiger partial charge on any atom is -0.393 e. The van der Waals surface area contributed by atoms with Crippen molar-refractivity contribution in [1.82, 2.24) is 0 Å². The molecular formula is C19H30O2. The third kappa shape index (κ3) is 1.84. The average Bonchev–Trinajstić information content (AvgIpc) is 2.76. The first-order chi connectivity index (χ1) is 9.95. The van der Waals surface area contributed by atoms with E-state index in [0.29, 0.717) is 11.3 Å². The molecule has 0 aliphatic heterocycles. The molecule has 118 valence electrons. The molecule has 0 aromatic carbocycles. The van der Waals surface area contributed by atoms with E-state index in [1.54, 1.807) is 5.57 Å². The van der Waals surface area contributed by atoms with E-state index >= 15 is 0 Å². The number of aliphatic hydroxyl groups excluding tert-OH is 2. The van der Waals surface area contributed by atoms with Gasteiger partial charge in [-0.2, -0.15) is 0 Å². The lowest BCUT2D eigenvalue weighted by Crippen LogP contribution is -2.51. The summed E-state index contributed by atoms with van der Waals surface area (Å²) < 4.78 is 0. The zero-order valence-electron chi connectivity index (χ0n) is 13.5. The highest BCUT2D eigenvalue weighted by atomic mass is 16.3. The maximum atomic E-state index is 10.5. The monoisotopic (exact) mass is 290 g/mol. The second-order valence-electron chi connectivity index (χ2n) is 8.79. The Labute approximate surface area is 128 Å². The lowest BCUT2D eigenvalue weighted by molar-refractivity contribution is -0.0711. The van der Waals surface area contributed by atoms with Crippen molar-refractivity contribution in [2.24, 2.45) is 28.6 Å². The molecule has 0 spiro atoms. The smallest absolute Gasteiger partial charge is 0.0596 e. The van der Waals surface area contributed by atoms with Gasteiger partial charge in [0.15, 0.2) is 0 Å². The predicted octanol–water partition coefficient (Wildman–Crippen LogP) is 3.67. The van der Waals surface area contributed by atoms with Gasteiger partial charge >= 0.3 is 0 Å². The molecule has 0 bridgehead atoms. The van der Waals surface area contributed by atoms with Crippen LogP contribution in [0.1, 0.15) is 65.2 Å². The van der Waals surface area contributed by atoms with Crippen LogP contribution in [0.25, 0.3) is 0 Å². The Hall–Kier alpha value is -0.340. The fraction of sp³-hybridized carbons (Fsp3) is 0.895. The highest BCUT2D eigenvalue weighted by Crippen LogP contribution is 2.64. The number of aliphatic hydroxyl groups is 2. The first kappa shape index (κ1) is 14.3. The van der Waals surface area contributed by atoms with Crippen LogP contribution >= 0.6 is 0 Å². The minimum absolute atomic E-state index is 0.0742. The summed E-state index contributed by atoms with van der Waals surface area (Å²) in [6, 6.07) is 0. The molecule has 2 heteroatoms. The summed E-state index contributed by atoms with van der Waals surface area (Å²) in [6.45, 7) is 4.81. The standard InChI is InChI=1S/C19H30O2/c1-18-9-7-13(20)11-12(18)3-4-14-15-5-6-17(21)19(15,2)10-8-16(14)18/h3,13-17,20-21H,4-11H2,1-2H3/t13-,14+,15+,16+,17+,18-,19-/m0/s1. The Morgan fingerprint density at radius 1 is 1.00 bits per heavy atom. The summed E-state index contributed by atoms with van der Waals surface area (Å²) in [5.41, 5.74) is 2.05. The summed E-state index contributed by atoms with van der Waals surface area (Å²) >= 11 is 0. The zero-order chi connectivity index (χ0) is 14.8. The van der Waals surface area contributed by atoms with E-state index in [2.05, 4.69) is 19.9 Å².